The number of amides is 2. The van der Waals surface area contributed by atoms with Crippen molar-refractivity contribution in [3.8, 4) is 0 Å². The zero-order valence-electron chi connectivity index (χ0n) is 15.3. The highest BCUT2D eigenvalue weighted by Crippen LogP contribution is 2.36. The van der Waals surface area contributed by atoms with Crippen LogP contribution in [0.2, 0.25) is 0 Å². The molecule has 6 heteroatoms. The molecule has 1 unspecified atom stereocenters. The van der Waals surface area contributed by atoms with Crippen molar-refractivity contribution in [3.63, 3.8) is 0 Å². The van der Waals surface area contributed by atoms with Gasteiger partial charge in [-0.1, -0.05) is 42.5 Å². The van der Waals surface area contributed by atoms with Crippen LogP contribution >= 0.6 is 11.3 Å². The molecule has 1 aliphatic heterocycles. The summed E-state index contributed by atoms with van der Waals surface area (Å²) in [5.74, 6) is -1.28. The molecule has 1 aromatic heterocycles. The van der Waals surface area contributed by atoms with Gasteiger partial charge in [-0.15, -0.1) is 11.3 Å². The van der Waals surface area contributed by atoms with E-state index in [1.54, 1.807) is 23.5 Å². The standard InChI is InChI=1S/C22H21N3O2S/c26-21(22(27)24-17-8-2-1-3-9-17)23-15-19(20-11-6-14-28-20)25-13-12-16-7-4-5-10-18(16)25/h1-11,14,19H,12-13,15H2,(H,23,26)(H,24,27). The molecule has 142 valence electrons. The minimum atomic E-state index is -0.655. The quantitative estimate of drug-likeness (QED) is 0.653. The van der Waals surface area contributed by atoms with E-state index in [-0.39, 0.29) is 6.04 Å². The summed E-state index contributed by atoms with van der Waals surface area (Å²) in [5, 5.41) is 7.47. The van der Waals surface area contributed by atoms with Crippen LogP contribution in [-0.2, 0) is 16.0 Å². The number of hydrogen-bond acceptors (Lipinski definition) is 4. The highest BCUT2D eigenvalue weighted by molar-refractivity contribution is 7.10. The molecule has 2 N–H and O–H groups in total. The first-order valence-electron chi connectivity index (χ1n) is 9.24. The molecule has 2 amide bonds. The van der Waals surface area contributed by atoms with E-state index < -0.39 is 11.8 Å². The monoisotopic (exact) mass is 391 g/mol. The number of hydrogen-bond donors (Lipinski definition) is 2. The Kier molecular flexibility index (Phi) is 5.39. The van der Waals surface area contributed by atoms with Crippen LogP contribution in [0.5, 0.6) is 0 Å². The maximum atomic E-state index is 12.3. The summed E-state index contributed by atoms with van der Waals surface area (Å²) in [5.41, 5.74) is 3.12. The molecule has 0 aliphatic carbocycles. The smallest absolute Gasteiger partial charge is 0.313 e. The lowest BCUT2D eigenvalue weighted by atomic mass is 10.1. The van der Waals surface area contributed by atoms with E-state index in [0.29, 0.717) is 12.2 Å². The van der Waals surface area contributed by atoms with Gasteiger partial charge >= 0.3 is 11.8 Å². The maximum absolute atomic E-state index is 12.3. The molecule has 0 saturated carbocycles. The predicted molar refractivity (Wildman–Crippen MR) is 113 cm³/mol. The molecule has 5 nitrogen and oxygen atoms in total. The second-order valence-corrected chi connectivity index (χ2v) is 7.61. The Morgan fingerprint density at radius 3 is 2.54 bits per heavy atom. The number of carbonyl (C=O) groups excluding carboxylic acids is 2. The van der Waals surface area contributed by atoms with Gasteiger partial charge in [0.05, 0.1) is 6.04 Å². The van der Waals surface area contributed by atoms with Crippen molar-refractivity contribution < 1.29 is 9.59 Å². The molecular weight excluding hydrogens is 370 g/mol. The fourth-order valence-electron chi connectivity index (χ4n) is 3.51. The number of para-hydroxylation sites is 2. The number of nitrogens with one attached hydrogen (secondary N) is 2. The highest BCUT2D eigenvalue weighted by Gasteiger charge is 2.28. The van der Waals surface area contributed by atoms with Gasteiger partial charge in [0, 0.05) is 29.3 Å². The van der Waals surface area contributed by atoms with Gasteiger partial charge in [-0.2, -0.15) is 0 Å². The third kappa shape index (κ3) is 3.92. The second kappa shape index (κ2) is 8.27. The molecule has 4 rings (SSSR count). The minimum Gasteiger partial charge on any atom is -0.361 e. The maximum Gasteiger partial charge on any atom is 0.313 e. The molecule has 2 heterocycles. The van der Waals surface area contributed by atoms with Crippen molar-refractivity contribution >= 4 is 34.5 Å². The molecule has 28 heavy (non-hydrogen) atoms. The molecule has 0 radical (unpaired) electrons. The summed E-state index contributed by atoms with van der Waals surface area (Å²) in [6, 6.07) is 21.4. The number of carbonyl (C=O) groups is 2. The van der Waals surface area contributed by atoms with Crippen molar-refractivity contribution in [1.29, 1.82) is 0 Å². The molecule has 0 spiro atoms. The van der Waals surface area contributed by atoms with Crippen molar-refractivity contribution in [1.82, 2.24) is 5.32 Å². The average Bonchev–Trinajstić information content (AvgIpc) is 3.40. The van der Waals surface area contributed by atoms with E-state index in [4.69, 9.17) is 0 Å². The third-order valence-electron chi connectivity index (χ3n) is 4.86. The van der Waals surface area contributed by atoms with Crippen molar-refractivity contribution in [2.75, 3.05) is 23.3 Å². The molecule has 1 aliphatic rings. The van der Waals surface area contributed by atoms with Crippen molar-refractivity contribution in [3.05, 3.63) is 82.6 Å². The van der Waals surface area contributed by atoms with Gasteiger partial charge in [0.1, 0.15) is 0 Å². The Morgan fingerprint density at radius 2 is 1.75 bits per heavy atom. The van der Waals surface area contributed by atoms with Gasteiger partial charge < -0.3 is 15.5 Å². The van der Waals surface area contributed by atoms with Crippen LogP contribution in [0.4, 0.5) is 11.4 Å². The molecular formula is C22H21N3O2S. The Labute approximate surface area is 168 Å². The van der Waals surface area contributed by atoms with E-state index in [0.717, 1.165) is 13.0 Å². The van der Waals surface area contributed by atoms with Crippen LogP contribution in [0.15, 0.2) is 72.1 Å². The first kappa shape index (κ1) is 18.3. The van der Waals surface area contributed by atoms with E-state index >= 15 is 0 Å². The number of rotatable bonds is 5. The largest absolute Gasteiger partial charge is 0.361 e. The topological polar surface area (TPSA) is 61.4 Å². The number of anilines is 2. The number of fused-ring (bicyclic) bond motifs is 1. The predicted octanol–water partition coefficient (Wildman–Crippen LogP) is 3.61. The van der Waals surface area contributed by atoms with Gasteiger partial charge in [0.2, 0.25) is 0 Å². The molecule has 0 saturated heterocycles. The summed E-state index contributed by atoms with van der Waals surface area (Å²) >= 11 is 1.66. The molecule has 0 fully saturated rings. The Balaban J connectivity index is 1.45. The summed E-state index contributed by atoms with van der Waals surface area (Å²) < 4.78 is 0. The first-order chi connectivity index (χ1) is 13.7. The molecule has 0 bridgehead atoms. The van der Waals surface area contributed by atoms with Crippen LogP contribution in [0, 0.1) is 0 Å². The Hall–Kier alpha value is -3.12. The van der Waals surface area contributed by atoms with Crippen LogP contribution in [0.25, 0.3) is 0 Å². The van der Waals surface area contributed by atoms with Crippen LogP contribution in [0.1, 0.15) is 16.5 Å². The van der Waals surface area contributed by atoms with E-state index in [1.165, 1.54) is 16.1 Å². The van der Waals surface area contributed by atoms with Crippen LogP contribution < -0.4 is 15.5 Å². The third-order valence-corrected chi connectivity index (χ3v) is 5.84. The van der Waals surface area contributed by atoms with Crippen molar-refractivity contribution in [2.24, 2.45) is 0 Å². The Morgan fingerprint density at radius 1 is 0.964 bits per heavy atom. The summed E-state index contributed by atoms with van der Waals surface area (Å²) in [7, 11) is 0. The lowest BCUT2D eigenvalue weighted by Gasteiger charge is -2.30. The van der Waals surface area contributed by atoms with Gasteiger partial charge in [0.15, 0.2) is 0 Å². The normalized spacial score (nSPS) is 13.6. The fourth-order valence-corrected chi connectivity index (χ4v) is 4.35. The molecule has 3 aromatic rings. The van der Waals surface area contributed by atoms with Gasteiger partial charge in [-0.3, -0.25) is 9.59 Å². The second-order valence-electron chi connectivity index (χ2n) is 6.63. The van der Waals surface area contributed by atoms with Crippen molar-refractivity contribution in [2.45, 2.75) is 12.5 Å². The fraction of sp³-hybridized carbons (Fsp3) is 0.182. The number of benzene rings is 2. The number of nitrogens with zero attached hydrogens (tertiary/aromatic N) is 1. The summed E-state index contributed by atoms with van der Waals surface area (Å²) in [6.45, 7) is 1.27. The Bertz CT molecular complexity index is 957. The van der Waals surface area contributed by atoms with E-state index in [1.807, 2.05) is 35.7 Å². The lowest BCUT2D eigenvalue weighted by molar-refractivity contribution is -0.136. The zero-order valence-corrected chi connectivity index (χ0v) is 16.1. The SMILES string of the molecule is O=C(NCC(c1cccs1)N1CCc2ccccc21)C(=O)Nc1ccccc1. The highest BCUT2D eigenvalue weighted by atomic mass is 32.1. The van der Waals surface area contributed by atoms with Crippen LogP contribution in [-0.4, -0.2) is 24.9 Å². The lowest BCUT2D eigenvalue weighted by Crippen LogP contribution is -2.41. The van der Waals surface area contributed by atoms with Gasteiger partial charge in [-0.05, 0) is 41.6 Å². The zero-order chi connectivity index (χ0) is 19.3. The van der Waals surface area contributed by atoms with Gasteiger partial charge in [-0.25, -0.2) is 0 Å². The minimum absolute atomic E-state index is 0.00266. The molecule has 1 atom stereocenters. The summed E-state index contributed by atoms with van der Waals surface area (Å²) in [6.07, 6.45) is 0.987. The van der Waals surface area contributed by atoms with Gasteiger partial charge in [0.25, 0.3) is 0 Å². The van der Waals surface area contributed by atoms with E-state index in [2.05, 4.69) is 39.8 Å². The average molecular weight is 391 g/mol. The van der Waals surface area contributed by atoms with Crippen LogP contribution in [0.3, 0.4) is 0 Å². The molecule has 2 aromatic carbocycles. The number of thiophene rings is 1. The summed E-state index contributed by atoms with van der Waals surface area (Å²) in [4.78, 5) is 28.0. The first-order valence-corrected chi connectivity index (χ1v) is 10.1. The van der Waals surface area contributed by atoms with E-state index in [9.17, 15) is 9.59 Å².